The van der Waals surface area contributed by atoms with Gasteiger partial charge >= 0.3 is 6.03 Å². The highest BCUT2D eigenvalue weighted by atomic mass is 16.2. The Morgan fingerprint density at radius 2 is 2.00 bits per heavy atom. The van der Waals surface area contributed by atoms with Crippen molar-refractivity contribution in [3.63, 3.8) is 0 Å². The van der Waals surface area contributed by atoms with Crippen LogP contribution < -0.4 is 21.6 Å². The standard InChI is InChI=1S/C14H21N5O/c1-9(2)12-6-4-11(5-7-12)8-15-18-13-10(3)17-19-14(20)16-13/h4-10,13,17-18H,1-3H3,(H2,16,19,20)/b15-8+. The number of urea groups is 1. The molecule has 1 aromatic rings. The van der Waals surface area contributed by atoms with Crippen LogP contribution in [-0.4, -0.2) is 24.5 Å². The zero-order chi connectivity index (χ0) is 14.5. The van der Waals surface area contributed by atoms with E-state index in [9.17, 15) is 4.79 Å². The topological polar surface area (TPSA) is 77.5 Å². The molecular weight excluding hydrogens is 254 g/mol. The van der Waals surface area contributed by atoms with E-state index in [0.717, 1.165) is 5.56 Å². The van der Waals surface area contributed by atoms with Gasteiger partial charge in [0.25, 0.3) is 0 Å². The minimum atomic E-state index is -0.267. The fourth-order valence-corrected chi connectivity index (χ4v) is 1.87. The number of carbonyl (C=O) groups excluding carboxylic acids is 1. The summed E-state index contributed by atoms with van der Waals surface area (Å²) in [5, 5.41) is 6.91. The van der Waals surface area contributed by atoms with Crippen LogP contribution in [0.4, 0.5) is 4.79 Å². The molecule has 1 aliphatic heterocycles. The Morgan fingerprint density at radius 1 is 1.30 bits per heavy atom. The zero-order valence-electron chi connectivity index (χ0n) is 12.0. The van der Waals surface area contributed by atoms with Crippen molar-refractivity contribution in [2.45, 2.75) is 38.9 Å². The lowest BCUT2D eigenvalue weighted by Crippen LogP contribution is -2.67. The Labute approximate surface area is 119 Å². The predicted octanol–water partition coefficient (Wildman–Crippen LogP) is 1.27. The third-order valence-corrected chi connectivity index (χ3v) is 3.23. The molecule has 4 N–H and O–H groups in total. The highest BCUT2D eigenvalue weighted by Gasteiger charge is 2.23. The summed E-state index contributed by atoms with van der Waals surface area (Å²) >= 11 is 0. The predicted molar refractivity (Wildman–Crippen MR) is 79.3 cm³/mol. The lowest BCUT2D eigenvalue weighted by atomic mass is 10.0. The molecule has 1 fully saturated rings. The molecule has 1 saturated heterocycles. The molecule has 6 heteroatoms. The van der Waals surface area contributed by atoms with Crippen molar-refractivity contribution in [2.24, 2.45) is 5.10 Å². The Balaban J connectivity index is 1.90. The molecule has 2 rings (SSSR count). The molecule has 0 saturated carbocycles. The largest absolute Gasteiger partial charge is 0.330 e. The number of nitrogens with one attached hydrogen (secondary N) is 4. The molecule has 1 aliphatic rings. The van der Waals surface area contributed by atoms with Gasteiger partial charge in [-0.2, -0.15) is 5.10 Å². The van der Waals surface area contributed by atoms with Crippen molar-refractivity contribution in [2.75, 3.05) is 0 Å². The quantitative estimate of drug-likeness (QED) is 0.493. The first-order chi connectivity index (χ1) is 9.56. The molecule has 1 aromatic carbocycles. The van der Waals surface area contributed by atoms with Gasteiger partial charge in [0.15, 0.2) is 0 Å². The molecule has 6 nitrogen and oxygen atoms in total. The molecule has 2 atom stereocenters. The molecule has 2 amide bonds. The number of benzene rings is 1. The number of nitrogens with zero attached hydrogens (tertiary/aromatic N) is 1. The second-order valence-electron chi connectivity index (χ2n) is 5.22. The van der Waals surface area contributed by atoms with Crippen molar-refractivity contribution in [1.29, 1.82) is 0 Å². The van der Waals surface area contributed by atoms with Crippen LogP contribution >= 0.6 is 0 Å². The van der Waals surface area contributed by atoms with Crippen molar-refractivity contribution in [1.82, 2.24) is 21.6 Å². The van der Waals surface area contributed by atoms with E-state index >= 15 is 0 Å². The Bertz CT molecular complexity index is 483. The average molecular weight is 275 g/mol. The number of rotatable bonds is 4. The van der Waals surface area contributed by atoms with Gasteiger partial charge in [0.05, 0.1) is 12.3 Å². The Hall–Kier alpha value is -2.08. The monoisotopic (exact) mass is 275 g/mol. The molecule has 0 aromatic heterocycles. The van der Waals surface area contributed by atoms with Crippen LogP contribution in [0.5, 0.6) is 0 Å². The molecule has 2 unspecified atom stereocenters. The summed E-state index contributed by atoms with van der Waals surface area (Å²) in [6.45, 7) is 6.27. The van der Waals surface area contributed by atoms with E-state index in [1.54, 1.807) is 6.21 Å². The van der Waals surface area contributed by atoms with E-state index in [4.69, 9.17) is 0 Å². The lowest BCUT2D eigenvalue weighted by Gasteiger charge is -2.30. The summed E-state index contributed by atoms with van der Waals surface area (Å²) in [4.78, 5) is 11.2. The van der Waals surface area contributed by atoms with Crippen molar-refractivity contribution >= 4 is 12.2 Å². The van der Waals surface area contributed by atoms with Gasteiger partial charge in [-0.05, 0) is 24.0 Å². The SMILES string of the molecule is CC(C)c1ccc(/C=N/NC2NC(=O)NNC2C)cc1. The number of hydrogen-bond donors (Lipinski definition) is 4. The van der Waals surface area contributed by atoms with Gasteiger partial charge in [0.1, 0.15) is 6.17 Å². The summed E-state index contributed by atoms with van der Waals surface area (Å²) in [7, 11) is 0. The molecule has 108 valence electrons. The van der Waals surface area contributed by atoms with Gasteiger partial charge in [-0.1, -0.05) is 38.1 Å². The van der Waals surface area contributed by atoms with E-state index in [0.29, 0.717) is 5.92 Å². The van der Waals surface area contributed by atoms with Crippen LogP contribution in [0.15, 0.2) is 29.4 Å². The van der Waals surface area contributed by atoms with Crippen LogP contribution in [-0.2, 0) is 0 Å². The highest BCUT2D eigenvalue weighted by molar-refractivity contribution is 5.79. The highest BCUT2D eigenvalue weighted by Crippen LogP contribution is 2.13. The molecule has 0 aliphatic carbocycles. The maximum Gasteiger partial charge on any atom is 0.330 e. The van der Waals surface area contributed by atoms with Gasteiger partial charge in [0, 0.05) is 0 Å². The van der Waals surface area contributed by atoms with Gasteiger partial charge in [0.2, 0.25) is 0 Å². The number of carbonyl (C=O) groups is 1. The third-order valence-electron chi connectivity index (χ3n) is 3.23. The molecule has 0 spiro atoms. The molecule has 0 radical (unpaired) electrons. The maximum atomic E-state index is 11.2. The Kier molecular flexibility index (Phi) is 4.57. The van der Waals surface area contributed by atoms with E-state index in [2.05, 4.69) is 52.7 Å². The number of hydrazine groups is 1. The minimum absolute atomic E-state index is 0.0353. The normalized spacial score (nSPS) is 22.7. The smallest absolute Gasteiger partial charge is 0.314 e. The van der Waals surface area contributed by atoms with Crippen LogP contribution in [0, 0.1) is 0 Å². The molecule has 1 heterocycles. The second kappa shape index (κ2) is 6.38. The van der Waals surface area contributed by atoms with E-state index in [-0.39, 0.29) is 18.2 Å². The van der Waals surface area contributed by atoms with Gasteiger partial charge in [-0.3, -0.25) is 10.9 Å². The van der Waals surface area contributed by atoms with Crippen LogP contribution in [0.3, 0.4) is 0 Å². The summed E-state index contributed by atoms with van der Waals surface area (Å²) in [5.74, 6) is 0.524. The van der Waals surface area contributed by atoms with Crippen LogP contribution in [0.2, 0.25) is 0 Å². The van der Waals surface area contributed by atoms with E-state index < -0.39 is 0 Å². The molecule has 0 bridgehead atoms. The summed E-state index contributed by atoms with van der Waals surface area (Å²) in [6.07, 6.45) is 1.50. The fraction of sp³-hybridized carbons (Fsp3) is 0.429. The number of hydrogen-bond acceptors (Lipinski definition) is 4. The summed E-state index contributed by atoms with van der Waals surface area (Å²) in [5.41, 5.74) is 10.6. The third kappa shape index (κ3) is 3.71. The Morgan fingerprint density at radius 3 is 2.65 bits per heavy atom. The van der Waals surface area contributed by atoms with E-state index in [1.807, 2.05) is 19.1 Å². The molecular formula is C14H21N5O. The van der Waals surface area contributed by atoms with Crippen LogP contribution in [0.25, 0.3) is 0 Å². The van der Waals surface area contributed by atoms with Crippen LogP contribution in [0.1, 0.15) is 37.8 Å². The number of amides is 2. The summed E-state index contributed by atoms with van der Waals surface area (Å²) in [6, 6.07) is 8.03. The summed E-state index contributed by atoms with van der Waals surface area (Å²) < 4.78 is 0. The fourth-order valence-electron chi connectivity index (χ4n) is 1.87. The maximum absolute atomic E-state index is 11.2. The minimum Gasteiger partial charge on any atom is -0.314 e. The average Bonchev–Trinajstić information content (AvgIpc) is 2.43. The van der Waals surface area contributed by atoms with E-state index in [1.165, 1.54) is 5.56 Å². The first-order valence-electron chi connectivity index (χ1n) is 6.77. The number of hydrazone groups is 1. The van der Waals surface area contributed by atoms with Gasteiger partial charge < -0.3 is 5.32 Å². The van der Waals surface area contributed by atoms with Crippen molar-refractivity contribution in [3.8, 4) is 0 Å². The van der Waals surface area contributed by atoms with Crippen molar-refractivity contribution in [3.05, 3.63) is 35.4 Å². The lowest BCUT2D eigenvalue weighted by molar-refractivity contribution is 0.202. The van der Waals surface area contributed by atoms with Gasteiger partial charge in [-0.25, -0.2) is 10.2 Å². The first-order valence-corrected chi connectivity index (χ1v) is 6.77. The molecule has 20 heavy (non-hydrogen) atoms. The second-order valence-corrected chi connectivity index (χ2v) is 5.22. The first kappa shape index (κ1) is 14.3. The van der Waals surface area contributed by atoms with Crippen molar-refractivity contribution < 1.29 is 4.79 Å². The van der Waals surface area contributed by atoms with Gasteiger partial charge in [-0.15, -0.1) is 0 Å². The zero-order valence-corrected chi connectivity index (χ0v) is 12.0.